The molecule has 4 aliphatic rings. The Balaban J connectivity index is 1.29. The lowest BCUT2D eigenvalue weighted by atomic mass is 9.78. The number of hydrogen-bond acceptors (Lipinski definition) is 9. The van der Waals surface area contributed by atoms with Crippen LogP contribution in [0.25, 0.3) is 0 Å². The Hall–Kier alpha value is -0.880. The molecule has 9 heteroatoms. The second-order valence-corrected chi connectivity index (χ2v) is 14.3. The van der Waals surface area contributed by atoms with Crippen molar-refractivity contribution >= 4 is 0 Å². The van der Waals surface area contributed by atoms with Crippen molar-refractivity contribution in [1.82, 2.24) is 5.32 Å². The van der Waals surface area contributed by atoms with Gasteiger partial charge in [0.15, 0.2) is 0 Å². The average Bonchev–Trinajstić information content (AvgIpc) is 3.09. The monoisotopic (exact) mass is 651 g/mol. The summed E-state index contributed by atoms with van der Waals surface area (Å²) in [5.74, 6) is 1.87. The van der Waals surface area contributed by atoms with Crippen LogP contribution in [0.5, 0.6) is 0 Å². The average molecular weight is 652 g/mol. The molecule has 3 saturated carbocycles. The molecular weight excluding hydrogens is 586 g/mol. The highest BCUT2D eigenvalue weighted by molar-refractivity contribution is 5.08. The molecule has 0 aromatic rings. The van der Waals surface area contributed by atoms with Crippen molar-refractivity contribution in [2.75, 3.05) is 63.0 Å². The summed E-state index contributed by atoms with van der Waals surface area (Å²) in [6.45, 7) is 3.52. The zero-order valence-corrected chi connectivity index (χ0v) is 29.9. The van der Waals surface area contributed by atoms with E-state index < -0.39 is 0 Å². The summed E-state index contributed by atoms with van der Waals surface area (Å²) in [5.41, 5.74) is 0. The van der Waals surface area contributed by atoms with Gasteiger partial charge < -0.3 is 43.2 Å². The van der Waals surface area contributed by atoms with Crippen molar-refractivity contribution in [2.45, 2.75) is 120 Å². The summed E-state index contributed by atoms with van der Waals surface area (Å²) in [6.07, 6.45) is 19.5. The zero-order chi connectivity index (χ0) is 33.1. The molecule has 0 aromatic heterocycles. The maximum absolute atomic E-state index is 6.64. The van der Waals surface area contributed by atoms with Crippen molar-refractivity contribution in [3.8, 4) is 0 Å². The normalized spacial score (nSPS) is 42.6. The Bertz CT molecular complexity index is 890. The molecule has 10 atom stereocenters. The second kappa shape index (κ2) is 19.3. The van der Waals surface area contributed by atoms with E-state index in [2.05, 4.69) is 36.5 Å². The third kappa shape index (κ3) is 10.1. The molecule has 1 saturated heterocycles. The van der Waals surface area contributed by atoms with E-state index in [1.807, 2.05) is 14.2 Å². The minimum Gasteiger partial charge on any atom is -0.384 e. The first-order valence-electron chi connectivity index (χ1n) is 17.8. The molecule has 4 fully saturated rings. The number of methoxy groups -OCH3 is 7. The largest absolute Gasteiger partial charge is 0.384 e. The Morgan fingerprint density at radius 2 is 0.957 bits per heavy atom. The molecule has 0 aromatic carbocycles. The van der Waals surface area contributed by atoms with Gasteiger partial charge in [-0.3, -0.25) is 0 Å². The smallest absolute Gasteiger partial charge is 0.110 e. The Labute approximate surface area is 279 Å². The lowest BCUT2D eigenvalue weighted by molar-refractivity contribution is -0.169. The maximum Gasteiger partial charge on any atom is 0.110 e. The lowest BCUT2D eigenvalue weighted by Crippen LogP contribution is -2.50. The van der Waals surface area contributed by atoms with E-state index in [0.29, 0.717) is 49.0 Å². The quantitative estimate of drug-likeness (QED) is 0.240. The predicted octanol–water partition coefficient (Wildman–Crippen LogP) is 5.21. The zero-order valence-electron chi connectivity index (χ0n) is 29.9. The fraction of sp³-hybridized carbons (Fsp3) is 0.892. The van der Waals surface area contributed by atoms with Gasteiger partial charge in [-0.2, -0.15) is 0 Å². The molecule has 0 bridgehead atoms. The van der Waals surface area contributed by atoms with E-state index in [1.165, 1.54) is 12.8 Å². The van der Waals surface area contributed by atoms with Crippen LogP contribution in [0, 0.1) is 29.6 Å². The predicted molar refractivity (Wildman–Crippen MR) is 180 cm³/mol. The van der Waals surface area contributed by atoms with Crippen LogP contribution in [-0.4, -0.2) is 118 Å². The van der Waals surface area contributed by atoms with Crippen LogP contribution in [0.4, 0.5) is 0 Å². The Morgan fingerprint density at radius 3 is 1.39 bits per heavy atom. The fourth-order valence-electron chi connectivity index (χ4n) is 8.72. The van der Waals surface area contributed by atoms with Gasteiger partial charge in [0, 0.05) is 79.6 Å². The van der Waals surface area contributed by atoms with Crippen LogP contribution < -0.4 is 5.32 Å². The number of rotatable bonds is 15. The summed E-state index contributed by atoms with van der Waals surface area (Å²) < 4.78 is 47.5. The van der Waals surface area contributed by atoms with E-state index in [9.17, 15) is 0 Å². The van der Waals surface area contributed by atoms with Crippen LogP contribution >= 0.6 is 0 Å². The summed E-state index contributed by atoms with van der Waals surface area (Å²) in [6, 6.07) is 0.766. The fourth-order valence-corrected chi connectivity index (χ4v) is 8.72. The van der Waals surface area contributed by atoms with Gasteiger partial charge in [0.05, 0.1) is 49.8 Å². The summed E-state index contributed by atoms with van der Waals surface area (Å²) in [5, 5.41) is 3.88. The molecule has 4 rings (SSSR count). The molecule has 0 amide bonds. The molecule has 10 unspecified atom stereocenters. The van der Waals surface area contributed by atoms with Gasteiger partial charge >= 0.3 is 0 Å². The highest BCUT2D eigenvalue weighted by Crippen LogP contribution is 2.37. The molecule has 1 aliphatic heterocycles. The molecule has 266 valence electrons. The van der Waals surface area contributed by atoms with Crippen molar-refractivity contribution < 1.29 is 37.9 Å². The number of piperidine rings is 1. The van der Waals surface area contributed by atoms with Gasteiger partial charge in [-0.15, -0.1) is 0 Å². The van der Waals surface area contributed by atoms with E-state index >= 15 is 0 Å². The lowest BCUT2D eigenvalue weighted by Gasteiger charge is -2.43. The van der Waals surface area contributed by atoms with Crippen LogP contribution in [0.3, 0.4) is 0 Å². The highest BCUT2D eigenvalue weighted by atomic mass is 16.6. The van der Waals surface area contributed by atoms with E-state index in [1.54, 1.807) is 35.5 Å². The molecular formula is C37H65NO8. The minimum absolute atomic E-state index is 0.0301. The summed E-state index contributed by atoms with van der Waals surface area (Å²) in [4.78, 5) is 0. The first-order valence-corrected chi connectivity index (χ1v) is 17.8. The third-order valence-electron chi connectivity index (χ3n) is 11.6. The number of nitrogens with one attached hydrogen (secondary N) is 1. The van der Waals surface area contributed by atoms with Crippen molar-refractivity contribution in [2.24, 2.45) is 29.6 Å². The van der Waals surface area contributed by atoms with Crippen molar-refractivity contribution in [3.05, 3.63) is 24.3 Å². The highest BCUT2D eigenvalue weighted by Gasteiger charge is 2.42. The van der Waals surface area contributed by atoms with Gasteiger partial charge in [0.1, 0.15) is 6.10 Å². The van der Waals surface area contributed by atoms with E-state index in [0.717, 1.165) is 44.9 Å². The standard InChI is InChI=1S/C37H65NO8/c1-24-31(40-3)16-25(17-32(24)41-4)12-14-29-10-9-11-30(38-29)15-13-26-18-35(44-7)37(36(19-26)45-8)46-23-28-21-33(42-5)27(22-39-2)20-34(28)43-6/h12-15,24-38H,9-11,16-23H2,1-8H3/b14-12+,15-13+. The first-order chi connectivity index (χ1) is 22.4. The number of allylic oxidation sites excluding steroid dienone is 2. The van der Waals surface area contributed by atoms with Gasteiger partial charge in [0.25, 0.3) is 0 Å². The van der Waals surface area contributed by atoms with Crippen molar-refractivity contribution in [3.63, 3.8) is 0 Å². The first kappa shape index (κ1) is 37.9. The van der Waals surface area contributed by atoms with Gasteiger partial charge in [-0.05, 0) is 69.6 Å². The number of ether oxygens (including phenoxy) is 8. The van der Waals surface area contributed by atoms with Gasteiger partial charge in [-0.25, -0.2) is 0 Å². The van der Waals surface area contributed by atoms with Gasteiger partial charge in [-0.1, -0.05) is 31.2 Å². The van der Waals surface area contributed by atoms with Gasteiger partial charge in [0.2, 0.25) is 0 Å². The summed E-state index contributed by atoms with van der Waals surface area (Å²) in [7, 11) is 12.6. The molecule has 9 nitrogen and oxygen atoms in total. The molecule has 0 radical (unpaired) electrons. The molecule has 1 N–H and O–H groups in total. The summed E-state index contributed by atoms with van der Waals surface area (Å²) >= 11 is 0. The molecule has 3 aliphatic carbocycles. The Morgan fingerprint density at radius 1 is 0.522 bits per heavy atom. The van der Waals surface area contributed by atoms with Crippen molar-refractivity contribution in [1.29, 1.82) is 0 Å². The minimum atomic E-state index is -0.115. The van der Waals surface area contributed by atoms with E-state index in [4.69, 9.17) is 37.9 Å². The van der Waals surface area contributed by atoms with Crippen LogP contribution in [-0.2, 0) is 37.9 Å². The molecule has 1 heterocycles. The maximum atomic E-state index is 6.64. The van der Waals surface area contributed by atoms with E-state index in [-0.39, 0.29) is 48.6 Å². The van der Waals surface area contributed by atoms with Crippen LogP contribution in [0.2, 0.25) is 0 Å². The van der Waals surface area contributed by atoms with Crippen LogP contribution in [0.15, 0.2) is 24.3 Å². The second-order valence-electron chi connectivity index (χ2n) is 14.3. The topological polar surface area (TPSA) is 85.9 Å². The Kier molecular flexibility index (Phi) is 16.0. The molecule has 0 spiro atoms. The number of hydrogen-bond donors (Lipinski definition) is 1. The van der Waals surface area contributed by atoms with Crippen LogP contribution in [0.1, 0.15) is 64.7 Å². The third-order valence-corrected chi connectivity index (χ3v) is 11.6. The molecule has 46 heavy (non-hydrogen) atoms. The SMILES string of the molecule is COCC1CC(OC)C(COC2C(OC)CC(/C=C/C3CCCC(/C=C/C4CC(OC)C(C)C(OC)C4)N3)CC2OC)CC1OC.